The number of hydrogen-bond acceptors (Lipinski definition) is 5. The van der Waals surface area contributed by atoms with Gasteiger partial charge >= 0.3 is 5.97 Å². The van der Waals surface area contributed by atoms with Gasteiger partial charge in [0.15, 0.2) is 0 Å². The number of thioether (sulfide) groups is 1. The van der Waals surface area contributed by atoms with Crippen LogP contribution in [0.15, 0.2) is 108 Å². The van der Waals surface area contributed by atoms with Crippen LogP contribution in [0.1, 0.15) is 53.0 Å². The van der Waals surface area contributed by atoms with Crippen molar-refractivity contribution in [2.45, 2.75) is 31.2 Å². The molecule has 1 amide bonds. The van der Waals surface area contributed by atoms with E-state index in [2.05, 4.69) is 95.9 Å². The fraction of sp³-hybridized carbons (Fsp3) is 0.162. The summed E-state index contributed by atoms with van der Waals surface area (Å²) in [5, 5.41) is 9.16. The average molecular weight is 615 g/mol. The number of carboxylic acid groups (broad SMARTS) is 1. The molecule has 1 saturated heterocycles. The fourth-order valence-electron chi connectivity index (χ4n) is 6.69. The second-order valence-electron chi connectivity index (χ2n) is 11.3. The van der Waals surface area contributed by atoms with Crippen LogP contribution in [-0.4, -0.2) is 38.8 Å². The quantitative estimate of drug-likeness (QED) is 0.128. The van der Waals surface area contributed by atoms with Crippen molar-refractivity contribution < 1.29 is 14.7 Å². The predicted molar refractivity (Wildman–Crippen MR) is 183 cm³/mol. The zero-order valence-electron chi connectivity index (χ0n) is 23.9. The Morgan fingerprint density at radius 3 is 2.20 bits per heavy atom. The van der Waals surface area contributed by atoms with Crippen molar-refractivity contribution >= 4 is 69.3 Å². The maximum Gasteiger partial charge on any atom is 0.323 e. The molecule has 2 heterocycles. The number of aliphatic carboxylic acids is 1. The number of carbonyl (C=O) groups is 2. The van der Waals surface area contributed by atoms with E-state index in [4.69, 9.17) is 17.3 Å². The van der Waals surface area contributed by atoms with Crippen LogP contribution < -0.4 is 4.90 Å². The number of carboxylic acids is 1. The molecule has 1 N–H and O–H groups in total. The molecule has 1 aliphatic carbocycles. The van der Waals surface area contributed by atoms with E-state index in [1.807, 2.05) is 24.3 Å². The highest BCUT2D eigenvalue weighted by atomic mass is 32.2. The largest absolute Gasteiger partial charge is 0.480 e. The number of anilines is 2. The second kappa shape index (κ2) is 11.9. The molecule has 0 radical (unpaired) electrons. The molecular formula is C37H30N2O3S2. The lowest BCUT2D eigenvalue weighted by atomic mass is 9.95. The molecule has 2 atom stereocenters. The Morgan fingerprint density at radius 2 is 1.55 bits per heavy atom. The van der Waals surface area contributed by atoms with Gasteiger partial charge in [-0.25, -0.2) is 0 Å². The molecule has 3 aliphatic rings. The summed E-state index contributed by atoms with van der Waals surface area (Å²) in [6, 6.07) is 36.7. The summed E-state index contributed by atoms with van der Waals surface area (Å²) in [6.45, 7) is -0.417. The third-order valence-corrected chi connectivity index (χ3v) is 10.0. The molecule has 0 spiro atoms. The number of carbonyl (C=O) groups excluding carboxylic acids is 1. The molecule has 1 saturated carbocycles. The van der Waals surface area contributed by atoms with Crippen molar-refractivity contribution in [3.63, 3.8) is 0 Å². The van der Waals surface area contributed by atoms with E-state index in [-0.39, 0.29) is 10.2 Å². The number of nitrogens with zero attached hydrogens (tertiary/aromatic N) is 2. The van der Waals surface area contributed by atoms with Gasteiger partial charge in [-0.05, 0) is 82.6 Å². The minimum absolute atomic E-state index is 0.282. The molecule has 5 nitrogen and oxygen atoms in total. The highest BCUT2D eigenvalue weighted by molar-refractivity contribution is 8.26. The van der Waals surface area contributed by atoms with Gasteiger partial charge in [0, 0.05) is 23.3 Å². The molecule has 4 aromatic rings. The minimum atomic E-state index is -1.08. The fourth-order valence-corrected chi connectivity index (χ4v) is 7.95. The van der Waals surface area contributed by atoms with Gasteiger partial charge in [-0.2, -0.15) is 0 Å². The SMILES string of the molecule is O=C(O)CN1C(=O)/C(=C\c2ccc3c(c2)[C@H]2CCC[C@H]2N3c2ccc(C=C(c3ccccc3)c3ccccc3)cc2)SC1=S. The lowest BCUT2D eigenvalue weighted by Crippen LogP contribution is -2.33. The van der Waals surface area contributed by atoms with E-state index in [0.717, 1.165) is 40.6 Å². The second-order valence-corrected chi connectivity index (χ2v) is 13.0. The summed E-state index contributed by atoms with van der Waals surface area (Å²) in [5.74, 6) is -0.994. The highest BCUT2D eigenvalue weighted by Gasteiger charge is 2.42. The molecule has 0 bridgehead atoms. The Bertz CT molecular complexity index is 1780. The Kier molecular flexibility index (Phi) is 7.66. The minimum Gasteiger partial charge on any atom is -0.480 e. The van der Waals surface area contributed by atoms with Gasteiger partial charge in [0.25, 0.3) is 5.91 Å². The normalized spacial score (nSPS) is 19.8. The Hall–Kier alpha value is -4.46. The van der Waals surface area contributed by atoms with Crippen molar-refractivity contribution in [3.05, 3.63) is 136 Å². The topological polar surface area (TPSA) is 60.9 Å². The van der Waals surface area contributed by atoms with Gasteiger partial charge in [0.05, 0.1) is 4.91 Å². The van der Waals surface area contributed by atoms with Crippen molar-refractivity contribution in [1.82, 2.24) is 4.90 Å². The van der Waals surface area contributed by atoms with Crippen LogP contribution in [0, 0.1) is 0 Å². The van der Waals surface area contributed by atoms with Gasteiger partial charge in [0.1, 0.15) is 10.9 Å². The van der Waals surface area contributed by atoms with Crippen LogP contribution in [0.5, 0.6) is 0 Å². The first-order chi connectivity index (χ1) is 21.5. The van der Waals surface area contributed by atoms with E-state index >= 15 is 0 Å². The van der Waals surface area contributed by atoms with E-state index in [9.17, 15) is 9.59 Å². The molecule has 2 fully saturated rings. The molecule has 7 heteroatoms. The molecule has 7 rings (SSSR count). The van der Waals surface area contributed by atoms with Crippen LogP contribution in [-0.2, 0) is 9.59 Å². The molecular weight excluding hydrogens is 585 g/mol. The van der Waals surface area contributed by atoms with Crippen molar-refractivity contribution in [3.8, 4) is 0 Å². The summed E-state index contributed by atoms with van der Waals surface area (Å²) in [6.07, 6.45) is 7.55. The van der Waals surface area contributed by atoms with Crippen LogP contribution in [0.3, 0.4) is 0 Å². The average Bonchev–Trinajstić information content (AvgIpc) is 3.71. The predicted octanol–water partition coefficient (Wildman–Crippen LogP) is 8.35. The van der Waals surface area contributed by atoms with Crippen LogP contribution in [0.2, 0.25) is 0 Å². The standard InChI is InChI=1S/C37H30N2O3S2/c40-35(41)23-38-36(42)34(44-37(38)43)22-25-16-19-33-31(21-25)29-12-7-13-32(29)39(33)28-17-14-24(15-18-28)20-30(26-8-3-1-4-9-26)27-10-5-2-6-11-27/h1-6,8-11,14-22,29,32H,7,12-13,23H2,(H,40,41)/b34-22+/t29-,32-/m1/s1. The molecule has 0 aromatic heterocycles. The first kappa shape index (κ1) is 28.3. The molecule has 44 heavy (non-hydrogen) atoms. The molecule has 218 valence electrons. The Balaban J connectivity index is 1.19. The summed E-state index contributed by atoms with van der Waals surface area (Å²) < 4.78 is 0.282. The lowest BCUT2D eigenvalue weighted by molar-refractivity contribution is -0.140. The van der Waals surface area contributed by atoms with Crippen molar-refractivity contribution in [2.75, 3.05) is 11.4 Å². The number of thiocarbonyl (C=S) groups is 1. The summed E-state index contributed by atoms with van der Waals surface area (Å²) >= 11 is 6.44. The smallest absolute Gasteiger partial charge is 0.323 e. The van der Waals surface area contributed by atoms with E-state index in [1.165, 1.54) is 40.1 Å². The number of amides is 1. The number of rotatable bonds is 7. The van der Waals surface area contributed by atoms with Crippen LogP contribution in [0.25, 0.3) is 17.7 Å². The Morgan fingerprint density at radius 1 is 0.886 bits per heavy atom. The summed E-state index contributed by atoms with van der Waals surface area (Å²) in [7, 11) is 0. The highest BCUT2D eigenvalue weighted by Crippen LogP contribution is 2.52. The van der Waals surface area contributed by atoms with Gasteiger partial charge in [-0.1, -0.05) is 109 Å². The van der Waals surface area contributed by atoms with Gasteiger partial charge < -0.3 is 10.0 Å². The van der Waals surface area contributed by atoms with Crippen molar-refractivity contribution in [2.24, 2.45) is 0 Å². The van der Waals surface area contributed by atoms with E-state index < -0.39 is 12.5 Å². The van der Waals surface area contributed by atoms with Crippen LogP contribution >= 0.6 is 24.0 Å². The van der Waals surface area contributed by atoms with Crippen LogP contribution in [0.4, 0.5) is 11.4 Å². The summed E-state index contributed by atoms with van der Waals surface area (Å²) in [4.78, 5) is 28.1. The van der Waals surface area contributed by atoms with Gasteiger partial charge in [-0.3, -0.25) is 14.5 Å². The van der Waals surface area contributed by atoms with Gasteiger partial charge in [0.2, 0.25) is 0 Å². The number of hydrogen-bond donors (Lipinski definition) is 1. The molecule has 0 unspecified atom stereocenters. The zero-order chi connectivity index (χ0) is 30.2. The molecule has 4 aromatic carbocycles. The third kappa shape index (κ3) is 5.38. The Labute approximate surface area is 266 Å². The third-order valence-electron chi connectivity index (χ3n) is 8.64. The number of benzene rings is 4. The maximum atomic E-state index is 12.8. The summed E-state index contributed by atoms with van der Waals surface area (Å²) in [5.41, 5.74) is 9.34. The first-order valence-electron chi connectivity index (χ1n) is 14.8. The van der Waals surface area contributed by atoms with Gasteiger partial charge in [-0.15, -0.1) is 0 Å². The van der Waals surface area contributed by atoms with E-state index in [1.54, 1.807) is 0 Å². The maximum absolute atomic E-state index is 12.8. The lowest BCUT2D eigenvalue weighted by Gasteiger charge is -2.27. The van der Waals surface area contributed by atoms with E-state index in [0.29, 0.717) is 16.9 Å². The first-order valence-corrected chi connectivity index (χ1v) is 16.0. The monoisotopic (exact) mass is 614 g/mol. The molecule has 2 aliphatic heterocycles. The van der Waals surface area contributed by atoms with Crippen molar-refractivity contribution in [1.29, 1.82) is 0 Å². The number of fused-ring (bicyclic) bond motifs is 3. The zero-order valence-corrected chi connectivity index (χ0v) is 25.6.